The third-order valence-electron chi connectivity index (χ3n) is 2.05. The van der Waals surface area contributed by atoms with Gasteiger partial charge in [-0.15, -0.1) is 0 Å². The molecule has 0 aliphatic carbocycles. The van der Waals surface area contributed by atoms with Crippen LogP contribution in [0.5, 0.6) is 0 Å². The summed E-state index contributed by atoms with van der Waals surface area (Å²) in [6.45, 7) is 0. The molecule has 1 heterocycles. The standard InChI is InChI=1S/C10H7BrF2N2O2/c1-17-8(16)2-5-6(11)4-15-7(3-14)9(5)10(12)13/h4,10H,2H2,1H3. The molecule has 0 aromatic carbocycles. The van der Waals surface area contributed by atoms with E-state index in [2.05, 4.69) is 25.7 Å². The van der Waals surface area contributed by atoms with E-state index in [9.17, 15) is 13.6 Å². The van der Waals surface area contributed by atoms with E-state index in [0.29, 0.717) is 0 Å². The number of rotatable bonds is 3. The summed E-state index contributed by atoms with van der Waals surface area (Å²) in [4.78, 5) is 14.7. The number of esters is 1. The second kappa shape index (κ2) is 5.68. The van der Waals surface area contributed by atoms with Crippen molar-refractivity contribution in [2.45, 2.75) is 12.8 Å². The van der Waals surface area contributed by atoms with Gasteiger partial charge in [0.1, 0.15) is 11.8 Å². The van der Waals surface area contributed by atoms with Crippen LogP contribution in [0.15, 0.2) is 10.7 Å². The van der Waals surface area contributed by atoms with Crippen LogP contribution in [0.1, 0.15) is 23.2 Å². The number of halogens is 3. The molecule has 0 spiro atoms. The smallest absolute Gasteiger partial charge is 0.310 e. The average molecular weight is 305 g/mol. The van der Waals surface area contributed by atoms with E-state index in [1.807, 2.05) is 0 Å². The van der Waals surface area contributed by atoms with Gasteiger partial charge in [-0.1, -0.05) is 0 Å². The van der Waals surface area contributed by atoms with E-state index in [-0.39, 0.29) is 22.2 Å². The van der Waals surface area contributed by atoms with E-state index in [0.717, 1.165) is 7.11 Å². The maximum Gasteiger partial charge on any atom is 0.310 e. The number of aromatic nitrogens is 1. The Hall–Kier alpha value is -1.55. The summed E-state index contributed by atoms with van der Waals surface area (Å²) < 4.78 is 30.3. The predicted molar refractivity (Wildman–Crippen MR) is 57.3 cm³/mol. The lowest BCUT2D eigenvalue weighted by Gasteiger charge is -2.10. The van der Waals surface area contributed by atoms with Gasteiger partial charge >= 0.3 is 5.97 Å². The second-order valence-electron chi connectivity index (χ2n) is 3.01. The molecule has 0 atom stereocenters. The van der Waals surface area contributed by atoms with Gasteiger partial charge in [-0.2, -0.15) is 5.26 Å². The summed E-state index contributed by atoms with van der Waals surface area (Å²) in [6, 6.07) is 1.57. The minimum atomic E-state index is -2.88. The molecule has 0 aliphatic rings. The highest BCUT2D eigenvalue weighted by atomic mass is 79.9. The highest BCUT2D eigenvalue weighted by molar-refractivity contribution is 9.10. The lowest BCUT2D eigenvalue weighted by molar-refractivity contribution is -0.139. The van der Waals surface area contributed by atoms with Gasteiger partial charge in [-0.05, 0) is 21.5 Å². The van der Waals surface area contributed by atoms with Crippen LogP contribution in [0.3, 0.4) is 0 Å². The van der Waals surface area contributed by atoms with Crippen LogP contribution in [-0.2, 0) is 16.0 Å². The van der Waals surface area contributed by atoms with Crippen LogP contribution in [0.4, 0.5) is 8.78 Å². The Morgan fingerprint density at radius 3 is 2.82 bits per heavy atom. The van der Waals surface area contributed by atoms with Crippen molar-refractivity contribution in [2.75, 3.05) is 7.11 Å². The van der Waals surface area contributed by atoms with Crippen molar-refractivity contribution < 1.29 is 18.3 Å². The number of hydrogen-bond acceptors (Lipinski definition) is 4. The van der Waals surface area contributed by atoms with Crippen molar-refractivity contribution in [3.05, 3.63) is 27.5 Å². The SMILES string of the molecule is COC(=O)Cc1c(Br)cnc(C#N)c1C(F)F. The molecule has 17 heavy (non-hydrogen) atoms. The molecule has 0 saturated carbocycles. The number of pyridine rings is 1. The van der Waals surface area contributed by atoms with Gasteiger partial charge < -0.3 is 4.74 Å². The average Bonchev–Trinajstić information content (AvgIpc) is 2.30. The fraction of sp³-hybridized carbons (Fsp3) is 0.300. The number of carbonyl (C=O) groups excluding carboxylic acids is 1. The first-order valence-electron chi connectivity index (χ1n) is 4.43. The molecule has 1 aromatic rings. The lowest BCUT2D eigenvalue weighted by Crippen LogP contribution is -2.10. The first kappa shape index (κ1) is 13.5. The Morgan fingerprint density at radius 1 is 1.71 bits per heavy atom. The molecule has 1 aromatic heterocycles. The van der Waals surface area contributed by atoms with E-state index >= 15 is 0 Å². The van der Waals surface area contributed by atoms with Crippen LogP contribution >= 0.6 is 15.9 Å². The Bertz CT molecular complexity index is 486. The maximum atomic E-state index is 12.8. The van der Waals surface area contributed by atoms with E-state index < -0.39 is 18.0 Å². The Morgan fingerprint density at radius 2 is 2.35 bits per heavy atom. The number of methoxy groups -OCH3 is 1. The van der Waals surface area contributed by atoms with Crippen LogP contribution in [0.25, 0.3) is 0 Å². The minimum absolute atomic E-state index is 0.0263. The van der Waals surface area contributed by atoms with Gasteiger partial charge in [-0.3, -0.25) is 4.79 Å². The predicted octanol–water partition coefficient (Wildman–Crippen LogP) is 2.37. The first-order valence-corrected chi connectivity index (χ1v) is 5.22. The minimum Gasteiger partial charge on any atom is -0.469 e. The number of carbonyl (C=O) groups is 1. The molecule has 0 N–H and O–H groups in total. The monoisotopic (exact) mass is 304 g/mol. The molecule has 0 saturated heterocycles. The first-order chi connectivity index (χ1) is 8.01. The molecule has 0 aliphatic heterocycles. The molecule has 0 fully saturated rings. The summed E-state index contributed by atoms with van der Waals surface area (Å²) in [7, 11) is 1.16. The Labute approximate surface area is 104 Å². The largest absolute Gasteiger partial charge is 0.469 e. The third kappa shape index (κ3) is 2.97. The summed E-state index contributed by atoms with van der Waals surface area (Å²) >= 11 is 3.02. The van der Waals surface area contributed by atoms with Crippen molar-refractivity contribution in [1.82, 2.24) is 4.98 Å². The number of ether oxygens (including phenoxy) is 1. The van der Waals surface area contributed by atoms with E-state index in [4.69, 9.17) is 5.26 Å². The topological polar surface area (TPSA) is 63.0 Å². The summed E-state index contributed by atoms with van der Waals surface area (Å²) in [6.07, 6.45) is -2.01. The van der Waals surface area contributed by atoms with E-state index in [1.165, 1.54) is 6.20 Å². The second-order valence-corrected chi connectivity index (χ2v) is 3.87. The van der Waals surface area contributed by atoms with Gasteiger partial charge in [0, 0.05) is 10.7 Å². The van der Waals surface area contributed by atoms with Crippen molar-refractivity contribution >= 4 is 21.9 Å². The van der Waals surface area contributed by atoms with Gasteiger partial charge in [0.15, 0.2) is 0 Å². The molecule has 0 amide bonds. The number of hydrogen-bond donors (Lipinski definition) is 0. The van der Waals surface area contributed by atoms with Crippen LogP contribution in [0.2, 0.25) is 0 Å². The quantitative estimate of drug-likeness (QED) is 0.804. The van der Waals surface area contributed by atoms with Crippen molar-refractivity contribution in [3.8, 4) is 6.07 Å². The zero-order valence-electron chi connectivity index (χ0n) is 8.71. The molecule has 7 heteroatoms. The van der Waals surface area contributed by atoms with Gasteiger partial charge in [-0.25, -0.2) is 13.8 Å². The van der Waals surface area contributed by atoms with Crippen LogP contribution in [-0.4, -0.2) is 18.1 Å². The maximum absolute atomic E-state index is 12.8. The number of alkyl halides is 2. The van der Waals surface area contributed by atoms with E-state index in [1.54, 1.807) is 6.07 Å². The third-order valence-corrected chi connectivity index (χ3v) is 2.73. The van der Waals surface area contributed by atoms with Crippen molar-refractivity contribution in [1.29, 1.82) is 5.26 Å². The summed E-state index contributed by atoms with van der Waals surface area (Å²) in [5, 5.41) is 8.70. The van der Waals surface area contributed by atoms with Gasteiger partial charge in [0.05, 0.1) is 19.1 Å². The number of nitrogens with zero attached hydrogens (tertiary/aromatic N) is 2. The molecular weight excluding hydrogens is 298 g/mol. The highest BCUT2D eigenvalue weighted by Gasteiger charge is 2.23. The molecule has 1 rings (SSSR count). The number of nitriles is 1. The fourth-order valence-electron chi connectivity index (χ4n) is 1.26. The van der Waals surface area contributed by atoms with Crippen LogP contribution in [0, 0.1) is 11.3 Å². The van der Waals surface area contributed by atoms with Gasteiger partial charge in [0.2, 0.25) is 0 Å². The molecule has 4 nitrogen and oxygen atoms in total. The molecule has 0 bridgehead atoms. The summed E-state index contributed by atoms with van der Waals surface area (Å²) in [5.74, 6) is -0.664. The normalized spacial score (nSPS) is 10.1. The van der Waals surface area contributed by atoms with Crippen LogP contribution < -0.4 is 0 Å². The zero-order valence-corrected chi connectivity index (χ0v) is 10.3. The molecule has 90 valence electrons. The Balaban J connectivity index is 3.35. The Kier molecular flexibility index (Phi) is 4.52. The van der Waals surface area contributed by atoms with Crippen molar-refractivity contribution in [2.24, 2.45) is 0 Å². The zero-order chi connectivity index (χ0) is 13.0. The van der Waals surface area contributed by atoms with Gasteiger partial charge in [0.25, 0.3) is 6.43 Å². The highest BCUT2D eigenvalue weighted by Crippen LogP contribution is 2.30. The summed E-state index contributed by atoms with van der Waals surface area (Å²) in [5.41, 5.74) is -0.896. The molecular formula is C10H7BrF2N2O2. The van der Waals surface area contributed by atoms with Crippen molar-refractivity contribution in [3.63, 3.8) is 0 Å². The fourth-order valence-corrected chi connectivity index (χ4v) is 1.72. The molecule has 0 radical (unpaired) electrons. The lowest BCUT2D eigenvalue weighted by atomic mass is 10.0. The molecule has 0 unspecified atom stereocenters.